The van der Waals surface area contributed by atoms with Gasteiger partial charge in [-0.25, -0.2) is 14.3 Å². The van der Waals surface area contributed by atoms with Crippen LogP contribution in [0.25, 0.3) is 0 Å². The van der Waals surface area contributed by atoms with Crippen LogP contribution in [0, 0.1) is 0 Å². The molecule has 6 N–H and O–H groups in total. The number of aliphatic imine (C=N–C) groups is 1. The Morgan fingerprint density at radius 2 is 2.00 bits per heavy atom. The Kier molecular flexibility index (Phi) is 4.85. The first-order valence-electron chi connectivity index (χ1n) is 5.44. The Balaban J connectivity index is 2.44. The van der Waals surface area contributed by atoms with Gasteiger partial charge in [-0.05, 0) is 12.8 Å². The molecular weight excluding hydrogens is 236 g/mol. The van der Waals surface area contributed by atoms with Gasteiger partial charge in [-0.15, -0.1) is 0 Å². The maximum atomic E-state index is 11.8. The third kappa shape index (κ3) is 3.89. The molecule has 0 aromatic carbocycles. The summed E-state index contributed by atoms with van der Waals surface area (Å²) < 4.78 is 1.03. The molecule has 0 radical (unpaired) electrons. The number of primary amides is 1. The lowest BCUT2D eigenvalue weighted by Crippen LogP contribution is -2.23. The maximum absolute atomic E-state index is 11.8. The molecule has 1 amide bonds. The topological polar surface area (TPSA) is 142 Å². The molecule has 0 unspecified atom stereocenters. The van der Waals surface area contributed by atoms with Crippen LogP contribution in [0.1, 0.15) is 29.9 Å². The van der Waals surface area contributed by atoms with E-state index in [4.69, 9.17) is 17.2 Å². The van der Waals surface area contributed by atoms with E-state index in [0.717, 1.165) is 4.57 Å². The predicted octanol–water partition coefficient (Wildman–Crippen LogP) is -0.564. The monoisotopic (exact) mass is 252 g/mol. The third-order valence-electron chi connectivity index (χ3n) is 2.23. The zero-order valence-corrected chi connectivity index (χ0v) is 9.87. The third-order valence-corrected chi connectivity index (χ3v) is 2.23. The second kappa shape index (κ2) is 6.38. The van der Waals surface area contributed by atoms with E-state index in [2.05, 4.69) is 9.98 Å². The summed E-state index contributed by atoms with van der Waals surface area (Å²) in [4.78, 5) is 30.3. The highest BCUT2D eigenvalue weighted by molar-refractivity contribution is 5.96. The lowest BCUT2D eigenvalue weighted by Gasteiger charge is -2.02. The number of hydrogen-bond donors (Lipinski definition) is 3. The fourth-order valence-corrected chi connectivity index (χ4v) is 1.40. The van der Waals surface area contributed by atoms with Gasteiger partial charge in [0, 0.05) is 25.4 Å². The molecule has 0 atom stereocenters. The van der Waals surface area contributed by atoms with Crippen molar-refractivity contribution >= 4 is 17.8 Å². The van der Waals surface area contributed by atoms with Crippen molar-refractivity contribution in [2.75, 3.05) is 6.54 Å². The molecular formula is C10H16N6O2. The first-order chi connectivity index (χ1) is 8.52. The number of hydrogen-bond acceptors (Lipinski definition) is 4. The van der Waals surface area contributed by atoms with Gasteiger partial charge in [-0.1, -0.05) is 0 Å². The van der Waals surface area contributed by atoms with Crippen LogP contribution in [-0.2, 0) is 0 Å². The summed E-state index contributed by atoms with van der Waals surface area (Å²) in [6.07, 6.45) is 4.28. The quantitative estimate of drug-likeness (QED) is 0.269. The number of rotatable bonds is 6. The summed E-state index contributed by atoms with van der Waals surface area (Å²) in [5.74, 6) is -0.140. The van der Waals surface area contributed by atoms with Crippen LogP contribution in [0.4, 0.5) is 4.79 Å². The number of aromatic nitrogens is 2. The second-order valence-electron chi connectivity index (χ2n) is 3.65. The van der Waals surface area contributed by atoms with Crippen molar-refractivity contribution in [1.29, 1.82) is 0 Å². The van der Waals surface area contributed by atoms with E-state index in [1.54, 1.807) is 0 Å². The molecule has 8 heteroatoms. The number of nitrogens with zero attached hydrogens (tertiary/aromatic N) is 3. The number of carbonyl (C=O) groups is 2. The van der Waals surface area contributed by atoms with Crippen molar-refractivity contribution in [3.63, 3.8) is 0 Å². The molecule has 1 aromatic heterocycles. The Morgan fingerprint density at radius 1 is 1.28 bits per heavy atom. The number of nitrogens with two attached hydrogens (primary N) is 3. The van der Waals surface area contributed by atoms with Crippen LogP contribution in [0.2, 0.25) is 0 Å². The number of guanidine groups is 1. The van der Waals surface area contributed by atoms with Crippen LogP contribution in [0.15, 0.2) is 17.4 Å². The Labute approximate surface area is 104 Å². The van der Waals surface area contributed by atoms with E-state index in [1.165, 1.54) is 12.4 Å². The fraction of sp³-hybridized carbons (Fsp3) is 0.400. The van der Waals surface area contributed by atoms with Gasteiger partial charge in [-0.2, -0.15) is 0 Å². The summed E-state index contributed by atoms with van der Waals surface area (Å²) in [6, 6.07) is -0.726. The van der Waals surface area contributed by atoms with E-state index in [1.807, 2.05) is 0 Å². The number of ketones is 1. The summed E-state index contributed by atoms with van der Waals surface area (Å²) in [7, 11) is 0. The Bertz CT molecular complexity index is 461. The first kappa shape index (κ1) is 13.7. The normalized spacial score (nSPS) is 10.0. The molecule has 0 fully saturated rings. The lowest BCUT2D eigenvalue weighted by molar-refractivity contribution is 0.0966. The van der Waals surface area contributed by atoms with E-state index < -0.39 is 6.03 Å². The molecule has 0 aliphatic heterocycles. The van der Waals surface area contributed by atoms with Crippen LogP contribution in [0.5, 0.6) is 0 Å². The first-order valence-corrected chi connectivity index (χ1v) is 5.44. The van der Waals surface area contributed by atoms with Gasteiger partial charge in [0.05, 0.1) is 0 Å². The van der Waals surface area contributed by atoms with E-state index in [-0.39, 0.29) is 24.0 Å². The highest BCUT2D eigenvalue weighted by Crippen LogP contribution is 2.05. The largest absolute Gasteiger partial charge is 0.370 e. The smallest absolute Gasteiger partial charge is 0.324 e. The average molecular weight is 252 g/mol. The number of amides is 1. The van der Waals surface area contributed by atoms with Crippen molar-refractivity contribution in [2.24, 2.45) is 22.2 Å². The van der Waals surface area contributed by atoms with Crippen LogP contribution >= 0.6 is 0 Å². The minimum atomic E-state index is -0.726. The van der Waals surface area contributed by atoms with Gasteiger partial charge in [0.15, 0.2) is 17.6 Å². The van der Waals surface area contributed by atoms with Gasteiger partial charge in [0.1, 0.15) is 0 Å². The molecule has 1 rings (SSSR count). The minimum Gasteiger partial charge on any atom is -0.370 e. The average Bonchev–Trinajstić information content (AvgIpc) is 2.76. The SMILES string of the molecule is NC(=O)n1ccnc1C(=O)CCCCN=C(N)N. The van der Waals surface area contributed by atoms with Crippen molar-refractivity contribution in [3.05, 3.63) is 18.2 Å². The number of imidazole rings is 1. The minimum absolute atomic E-state index is 0.0330. The maximum Gasteiger partial charge on any atom is 0.324 e. The summed E-state index contributed by atoms with van der Waals surface area (Å²) >= 11 is 0. The molecule has 1 aromatic rings. The molecule has 98 valence electrons. The van der Waals surface area contributed by atoms with Gasteiger partial charge in [0.2, 0.25) is 0 Å². The fourth-order valence-electron chi connectivity index (χ4n) is 1.40. The highest BCUT2D eigenvalue weighted by Gasteiger charge is 2.14. The van der Waals surface area contributed by atoms with Gasteiger partial charge in [0.25, 0.3) is 0 Å². The Hall–Kier alpha value is -2.38. The molecule has 0 aliphatic rings. The molecule has 8 nitrogen and oxygen atoms in total. The lowest BCUT2D eigenvalue weighted by atomic mass is 10.1. The molecule has 0 spiro atoms. The van der Waals surface area contributed by atoms with Crippen molar-refractivity contribution in [3.8, 4) is 0 Å². The van der Waals surface area contributed by atoms with Gasteiger partial charge >= 0.3 is 6.03 Å². The van der Waals surface area contributed by atoms with Gasteiger partial charge < -0.3 is 17.2 Å². The van der Waals surface area contributed by atoms with E-state index in [9.17, 15) is 9.59 Å². The number of carbonyl (C=O) groups excluding carboxylic acids is 2. The number of Topliss-reactive ketones (excluding diaryl/α,β-unsaturated/α-hetero) is 1. The molecule has 0 saturated carbocycles. The molecule has 1 heterocycles. The van der Waals surface area contributed by atoms with E-state index >= 15 is 0 Å². The van der Waals surface area contributed by atoms with Gasteiger partial charge in [-0.3, -0.25) is 9.79 Å². The Morgan fingerprint density at radius 3 is 2.61 bits per heavy atom. The molecule has 18 heavy (non-hydrogen) atoms. The van der Waals surface area contributed by atoms with Crippen LogP contribution in [0.3, 0.4) is 0 Å². The summed E-state index contributed by atoms with van der Waals surface area (Å²) in [6.45, 7) is 0.472. The van der Waals surface area contributed by atoms with Crippen molar-refractivity contribution in [2.45, 2.75) is 19.3 Å². The molecule has 0 saturated heterocycles. The van der Waals surface area contributed by atoms with Crippen molar-refractivity contribution < 1.29 is 9.59 Å². The summed E-state index contributed by atoms with van der Waals surface area (Å²) in [5.41, 5.74) is 15.4. The molecule has 0 bridgehead atoms. The zero-order chi connectivity index (χ0) is 13.5. The van der Waals surface area contributed by atoms with Crippen LogP contribution < -0.4 is 17.2 Å². The standard InChI is InChI=1S/C10H16N6O2/c11-9(12)15-4-2-1-3-7(17)8-14-5-6-16(8)10(13)18/h5-6H,1-4H2,(H2,13,18)(H4,11,12,15). The number of unbranched alkanes of at least 4 members (excludes halogenated alkanes) is 1. The zero-order valence-electron chi connectivity index (χ0n) is 9.87. The highest BCUT2D eigenvalue weighted by atomic mass is 16.2. The van der Waals surface area contributed by atoms with Crippen LogP contribution in [-0.4, -0.2) is 33.9 Å². The molecule has 0 aliphatic carbocycles. The van der Waals surface area contributed by atoms with E-state index in [0.29, 0.717) is 19.4 Å². The summed E-state index contributed by atoms with van der Waals surface area (Å²) in [5, 5.41) is 0. The van der Waals surface area contributed by atoms with Crippen molar-refractivity contribution in [1.82, 2.24) is 9.55 Å². The second-order valence-corrected chi connectivity index (χ2v) is 3.65. The predicted molar refractivity (Wildman–Crippen MR) is 66.1 cm³/mol.